The van der Waals surface area contributed by atoms with E-state index in [-0.39, 0.29) is 11.9 Å². The van der Waals surface area contributed by atoms with E-state index < -0.39 is 0 Å². The molecule has 0 aliphatic carbocycles. The van der Waals surface area contributed by atoms with E-state index in [1.54, 1.807) is 14.2 Å². The summed E-state index contributed by atoms with van der Waals surface area (Å²) in [7, 11) is 3.25. The molecule has 5 heteroatoms. The number of methoxy groups -OCH3 is 2. The number of amides is 1. The van der Waals surface area contributed by atoms with Crippen molar-refractivity contribution >= 4 is 5.91 Å². The molecule has 3 aromatic rings. The van der Waals surface area contributed by atoms with Gasteiger partial charge in [0.25, 0.3) is 0 Å². The molecule has 0 N–H and O–H groups in total. The van der Waals surface area contributed by atoms with E-state index in [9.17, 15) is 4.79 Å². The van der Waals surface area contributed by atoms with Crippen molar-refractivity contribution in [3.05, 3.63) is 95.6 Å². The van der Waals surface area contributed by atoms with Crippen molar-refractivity contribution in [3.63, 3.8) is 0 Å². The summed E-state index contributed by atoms with van der Waals surface area (Å²) in [6.07, 6.45) is 0.307. The van der Waals surface area contributed by atoms with Gasteiger partial charge in [-0.2, -0.15) is 0 Å². The number of piperazine rings is 1. The lowest BCUT2D eigenvalue weighted by molar-refractivity contribution is -0.132. The van der Waals surface area contributed by atoms with Gasteiger partial charge in [0.05, 0.1) is 26.7 Å². The van der Waals surface area contributed by atoms with Crippen molar-refractivity contribution in [3.8, 4) is 11.5 Å². The SMILES string of the molecule is COc1ccc(OC)c(CC(=O)N2CCN(C(c3ccccc3)c3ccccc3)CC2)c1. The van der Waals surface area contributed by atoms with Crippen LogP contribution in [0.15, 0.2) is 78.9 Å². The third kappa shape index (κ3) is 4.94. The average molecular weight is 431 g/mol. The molecular weight excluding hydrogens is 400 g/mol. The van der Waals surface area contributed by atoms with E-state index in [1.807, 2.05) is 23.1 Å². The minimum atomic E-state index is 0.118. The molecule has 166 valence electrons. The fourth-order valence-corrected chi connectivity index (χ4v) is 4.41. The second-order valence-electron chi connectivity index (χ2n) is 8.00. The monoisotopic (exact) mass is 430 g/mol. The summed E-state index contributed by atoms with van der Waals surface area (Å²) in [5.74, 6) is 1.56. The number of hydrogen-bond acceptors (Lipinski definition) is 4. The van der Waals surface area contributed by atoms with Gasteiger partial charge in [0.2, 0.25) is 5.91 Å². The Hall–Kier alpha value is -3.31. The van der Waals surface area contributed by atoms with Crippen LogP contribution in [0.25, 0.3) is 0 Å². The Balaban J connectivity index is 1.45. The molecule has 1 heterocycles. The third-order valence-electron chi connectivity index (χ3n) is 6.09. The van der Waals surface area contributed by atoms with Crippen LogP contribution in [0.1, 0.15) is 22.7 Å². The summed E-state index contributed by atoms with van der Waals surface area (Å²) in [6, 6.07) is 27.0. The Morgan fingerprint density at radius 1 is 0.812 bits per heavy atom. The van der Waals surface area contributed by atoms with Gasteiger partial charge in [0, 0.05) is 31.7 Å². The normalized spacial score (nSPS) is 14.4. The number of ether oxygens (including phenoxy) is 2. The number of nitrogens with zero attached hydrogens (tertiary/aromatic N) is 2. The lowest BCUT2D eigenvalue weighted by Crippen LogP contribution is -2.50. The van der Waals surface area contributed by atoms with Crippen molar-refractivity contribution in [2.24, 2.45) is 0 Å². The number of rotatable bonds is 7. The standard InChI is InChI=1S/C27H30N2O3/c1-31-24-13-14-25(32-2)23(19-24)20-26(30)28-15-17-29(18-16-28)27(21-9-5-3-6-10-21)22-11-7-4-8-12-22/h3-14,19,27H,15-18,20H2,1-2H3. The van der Waals surface area contributed by atoms with E-state index in [1.165, 1.54) is 11.1 Å². The highest BCUT2D eigenvalue weighted by molar-refractivity contribution is 5.79. The smallest absolute Gasteiger partial charge is 0.227 e. The van der Waals surface area contributed by atoms with Crippen LogP contribution in [-0.4, -0.2) is 56.1 Å². The summed E-state index contributed by atoms with van der Waals surface area (Å²) >= 11 is 0. The molecule has 0 spiro atoms. The van der Waals surface area contributed by atoms with E-state index >= 15 is 0 Å². The predicted octanol–water partition coefficient (Wildman–Crippen LogP) is 4.18. The van der Waals surface area contributed by atoms with Crippen molar-refractivity contribution in [1.82, 2.24) is 9.80 Å². The van der Waals surface area contributed by atoms with Crippen LogP contribution in [-0.2, 0) is 11.2 Å². The van der Waals surface area contributed by atoms with Crippen LogP contribution < -0.4 is 9.47 Å². The van der Waals surface area contributed by atoms with Crippen molar-refractivity contribution < 1.29 is 14.3 Å². The Morgan fingerprint density at radius 3 is 1.94 bits per heavy atom. The minimum Gasteiger partial charge on any atom is -0.497 e. The van der Waals surface area contributed by atoms with Crippen LogP contribution in [0, 0.1) is 0 Å². The van der Waals surface area contributed by atoms with Gasteiger partial charge in [0.1, 0.15) is 11.5 Å². The van der Waals surface area contributed by atoms with Gasteiger partial charge < -0.3 is 14.4 Å². The number of hydrogen-bond donors (Lipinski definition) is 0. The zero-order valence-corrected chi connectivity index (χ0v) is 18.7. The fourth-order valence-electron chi connectivity index (χ4n) is 4.41. The third-order valence-corrected chi connectivity index (χ3v) is 6.09. The molecule has 1 aliphatic rings. The molecule has 1 aliphatic heterocycles. The molecule has 0 radical (unpaired) electrons. The fraction of sp³-hybridized carbons (Fsp3) is 0.296. The molecule has 0 aromatic heterocycles. The summed E-state index contributed by atoms with van der Waals surface area (Å²) in [4.78, 5) is 17.5. The Kier molecular flexibility index (Phi) is 7.07. The molecule has 1 fully saturated rings. The predicted molar refractivity (Wildman–Crippen MR) is 126 cm³/mol. The molecule has 3 aromatic carbocycles. The van der Waals surface area contributed by atoms with Gasteiger partial charge in [-0.25, -0.2) is 0 Å². The summed E-state index contributed by atoms with van der Waals surface area (Å²) in [5, 5.41) is 0. The summed E-state index contributed by atoms with van der Waals surface area (Å²) in [6.45, 7) is 3.08. The molecule has 0 saturated carbocycles. The van der Waals surface area contributed by atoms with Crippen molar-refractivity contribution in [1.29, 1.82) is 0 Å². The van der Waals surface area contributed by atoms with Crippen LogP contribution >= 0.6 is 0 Å². The second-order valence-corrected chi connectivity index (χ2v) is 8.00. The second kappa shape index (κ2) is 10.3. The number of carbonyl (C=O) groups excluding carboxylic acids is 1. The maximum Gasteiger partial charge on any atom is 0.227 e. The molecular formula is C27H30N2O3. The molecule has 4 rings (SSSR count). The highest BCUT2D eigenvalue weighted by Gasteiger charge is 2.28. The minimum absolute atomic E-state index is 0.118. The largest absolute Gasteiger partial charge is 0.497 e. The molecule has 0 atom stereocenters. The maximum atomic E-state index is 13.1. The van der Waals surface area contributed by atoms with Gasteiger partial charge >= 0.3 is 0 Å². The van der Waals surface area contributed by atoms with Gasteiger partial charge in [-0.1, -0.05) is 60.7 Å². The quantitative estimate of drug-likeness (QED) is 0.564. The first-order valence-corrected chi connectivity index (χ1v) is 11.0. The highest BCUT2D eigenvalue weighted by atomic mass is 16.5. The first-order valence-electron chi connectivity index (χ1n) is 11.0. The Labute approximate surface area is 190 Å². The zero-order chi connectivity index (χ0) is 22.3. The molecule has 0 bridgehead atoms. The number of benzene rings is 3. The lowest BCUT2D eigenvalue weighted by Gasteiger charge is -2.40. The van der Waals surface area contributed by atoms with Crippen LogP contribution in [0.2, 0.25) is 0 Å². The van der Waals surface area contributed by atoms with E-state index in [0.717, 1.165) is 24.4 Å². The zero-order valence-electron chi connectivity index (χ0n) is 18.7. The molecule has 32 heavy (non-hydrogen) atoms. The lowest BCUT2D eigenvalue weighted by atomic mass is 9.96. The first-order chi connectivity index (χ1) is 15.7. The Morgan fingerprint density at radius 2 is 1.41 bits per heavy atom. The maximum absolute atomic E-state index is 13.1. The molecule has 1 saturated heterocycles. The van der Waals surface area contributed by atoms with Crippen molar-refractivity contribution in [2.45, 2.75) is 12.5 Å². The van der Waals surface area contributed by atoms with E-state index in [4.69, 9.17) is 9.47 Å². The Bertz CT molecular complexity index is 976. The number of carbonyl (C=O) groups is 1. The molecule has 5 nitrogen and oxygen atoms in total. The van der Waals surface area contributed by atoms with Gasteiger partial charge in [-0.05, 0) is 29.3 Å². The first kappa shape index (κ1) is 21.9. The van der Waals surface area contributed by atoms with Gasteiger partial charge in [-0.15, -0.1) is 0 Å². The molecule has 1 amide bonds. The van der Waals surface area contributed by atoms with Crippen molar-refractivity contribution in [2.75, 3.05) is 40.4 Å². The van der Waals surface area contributed by atoms with Gasteiger partial charge in [0.15, 0.2) is 0 Å². The average Bonchev–Trinajstić information content (AvgIpc) is 2.86. The van der Waals surface area contributed by atoms with Gasteiger partial charge in [-0.3, -0.25) is 9.69 Å². The van der Waals surface area contributed by atoms with Crippen LogP contribution in [0.5, 0.6) is 11.5 Å². The van der Waals surface area contributed by atoms with E-state index in [2.05, 4.69) is 65.6 Å². The summed E-state index contributed by atoms with van der Waals surface area (Å²) < 4.78 is 10.8. The highest BCUT2D eigenvalue weighted by Crippen LogP contribution is 2.30. The van der Waals surface area contributed by atoms with E-state index in [0.29, 0.717) is 25.3 Å². The topological polar surface area (TPSA) is 42.0 Å². The molecule has 0 unspecified atom stereocenters. The summed E-state index contributed by atoms with van der Waals surface area (Å²) in [5.41, 5.74) is 3.41. The van der Waals surface area contributed by atoms with Crippen LogP contribution in [0.4, 0.5) is 0 Å². The van der Waals surface area contributed by atoms with Crippen LogP contribution in [0.3, 0.4) is 0 Å².